The van der Waals surface area contributed by atoms with E-state index in [1.807, 2.05) is 12.1 Å². The predicted octanol–water partition coefficient (Wildman–Crippen LogP) is 3.40. The molecule has 0 N–H and O–H groups in total. The highest BCUT2D eigenvalue weighted by Gasteiger charge is 2.26. The fraction of sp³-hybridized carbons (Fsp3) is 0.500. The van der Waals surface area contributed by atoms with E-state index in [1.54, 1.807) is 32.9 Å². The summed E-state index contributed by atoms with van der Waals surface area (Å²) >= 11 is 5.83. The quantitative estimate of drug-likeness (QED) is 0.782. The standard InChI is InChI=1S/C16H21ClO4/c1-16(2,3)21-14(18)10-12(15(19)20-4)9-11-5-7-13(17)8-6-11/h5-8,12H,9-10H2,1-4H3. The van der Waals surface area contributed by atoms with E-state index in [0.717, 1.165) is 5.56 Å². The number of esters is 2. The van der Waals surface area contributed by atoms with Gasteiger partial charge in [-0.25, -0.2) is 0 Å². The number of rotatable bonds is 5. The Bertz CT molecular complexity index is 488. The van der Waals surface area contributed by atoms with Gasteiger partial charge in [0.2, 0.25) is 0 Å². The predicted molar refractivity (Wildman–Crippen MR) is 81.1 cm³/mol. The minimum Gasteiger partial charge on any atom is -0.469 e. The fourth-order valence-electron chi connectivity index (χ4n) is 1.89. The lowest BCUT2D eigenvalue weighted by Crippen LogP contribution is -2.28. The molecule has 116 valence electrons. The number of methoxy groups -OCH3 is 1. The van der Waals surface area contributed by atoms with Crippen molar-refractivity contribution in [1.29, 1.82) is 0 Å². The Morgan fingerprint density at radius 1 is 1.19 bits per heavy atom. The first-order chi connectivity index (χ1) is 9.71. The van der Waals surface area contributed by atoms with E-state index in [0.29, 0.717) is 11.4 Å². The summed E-state index contributed by atoms with van der Waals surface area (Å²) in [4.78, 5) is 23.7. The second kappa shape index (κ2) is 7.46. The molecule has 0 amide bonds. The summed E-state index contributed by atoms with van der Waals surface area (Å²) < 4.78 is 10.0. The van der Waals surface area contributed by atoms with Gasteiger partial charge in [0, 0.05) is 5.02 Å². The number of carbonyl (C=O) groups excluding carboxylic acids is 2. The number of ether oxygens (including phenoxy) is 2. The van der Waals surface area contributed by atoms with Gasteiger partial charge in [-0.2, -0.15) is 0 Å². The van der Waals surface area contributed by atoms with Gasteiger partial charge in [-0.3, -0.25) is 9.59 Å². The zero-order valence-corrected chi connectivity index (χ0v) is 13.6. The minimum atomic E-state index is -0.571. The Hall–Kier alpha value is -1.55. The molecule has 5 heteroatoms. The average molecular weight is 313 g/mol. The van der Waals surface area contributed by atoms with Crippen LogP contribution in [-0.2, 0) is 25.5 Å². The van der Waals surface area contributed by atoms with E-state index in [1.165, 1.54) is 7.11 Å². The van der Waals surface area contributed by atoms with Crippen molar-refractivity contribution in [3.8, 4) is 0 Å². The first kappa shape index (κ1) is 17.5. The largest absolute Gasteiger partial charge is 0.469 e. The van der Waals surface area contributed by atoms with E-state index in [4.69, 9.17) is 21.1 Å². The van der Waals surface area contributed by atoms with Crippen molar-refractivity contribution in [3.05, 3.63) is 34.9 Å². The lowest BCUT2D eigenvalue weighted by molar-refractivity contribution is -0.160. The maximum absolute atomic E-state index is 11.9. The van der Waals surface area contributed by atoms with Crippen LogP contribution in [0.2, 0.25) is 5.02 Å². The average Bonchev–Trinajstić information content (AvgIpc) is 2.37. The van der Waals surface area contributed by atoms with Gasteiger partial charge < -0.3 is 9.47 Å². The Kier molecular flexibility index (Phi) is 6.21. The van der Waals surface area contributed by atoms with E-state index < -0.39 is 23.5 Å². The number of halogens is 1. The van der Waals surface area contributed by atoms with Gasteiger partial charge in [-0.15, -0.1) is 0 Å². The van der Waals surface area contributed by atoms with Crippen LogP contribution >= 0.6 is 11.6 Å². The van der Waals surface area contributed by atoms with Crippen molar-refractivity contribution in [3.63, 3.8) is 0 Å². The number of hydrogen-bond acceptors (Lipinski definition) is 4. The first-order valence-corrected chi connectivity index (χ1v) is 7.13. The van der Waals surface area contributed by atoms with Gasteiger partial charge >= 0.3 is 11.9 Å². The van der Waals surface area contributed by atoms with E-state index in [9.17, 15) is 9.59 Å². The minimum absolute atomic E-state index is 0.00737. The molecule has 4 nitrogen and oxygen atoms in total. The van der Waals surface area contributed by atoms with Crippen LogP contribution in [0.5, 0.6) is 0 Å². The molecule has 0 heterocycles. The number of hydrogen-bond donors (Lipinski definition) is 0. The van der Waals surface area contributed by atoms with Crippen LogP contribution < -0.4 is 0 Å². The molecule has 21 heavy (non-hydrogen) atoms. The van der Waals surface area contributed by atoms with Crippen LogP contribution in [0.4, 0.5) is 0 Å². The van der Waals surface area contributed by atoms with Crippen LogP contribution in [-0.4, -0.2) is 24.6 Å². The maximum atomic E-state index is 11.9. The zero-order valence-electron chi connectivity index (χ0n) is 12.8. The lowest BCUT2D eigenvalue weighted by Gasteiger charge is -2.21. The highest BCUT2D eigenvalue weighted by molar-refractivity contribution is 6.30. The third-order valence-electron chi connectivity index (χ3n) is 2.76. The highest BCUT2D eigenvalue weighted by Crippen LogP contribution is 2.19. The molecule has 0 fully saturated rings. The molecule has 0 spiro atoms. The second-order valence-electron chi connectivity index (χ2n) is 5.84. The van der Waals surface area contributed by atoms with Gasteiger partial charge in [0.1, 0.15) is 5.60 Å². The third kappa shape index (κ3) is 6.63. The zero-order chi connectivity index (χ0) is 16.0. The van der Waals surface area contributed by atoms with Crippen molar-refractivity contribution in [1.82, 2.24) is 0 Å². The molecule has 0 radical (unpaired) electrons. The summed E-state index contributed by atoms with van der Waals surface area (Å²) in [5.41, 5.74) is 0.344. The van der Waals surface area contributed by atoms with Crippen molar-refractivity contribution >= 4 is 23.5 Å². The second-order valence-corrected chi connectivity index (χ2v) is 6.28. The van der Waals surface area contributed by atoms with Gasteiger partial charge in [0.15, 0.2) is 0 Å². The van der Waals surface area contributed by atoms with E-state index in [2.05, 4.69) is 0 Å². The molecule has 0 saturated carbocycles. The van der Waals surface area contributed by atoms with Crippen molar-refractivity contribution in [2.75, 3.05) is 7.11 Å². The van der Waals surface area contributed by atoms with Crippen LogP contribution in [0, 0.1) is 5.92 Å². The van der Waals surface area contributed by atoms with Gasteiger partial charge in [-0.1, -0.05) is 23.7 Å². The molecule has 0 aliphatic carbocycles. The van der Waals surface area contributed by atoms with Crippen LogP contribution in [0.1, 0.15) is 32.8 Å². The molecule has 1 aromatic carbocycles. The first-order valence-electron chi connectivity index (χ1n) is 6.75. The smallest absolute Gasteiger partial charge is 0.309 e. The molecular weight excluding hydrogens is 292 g/mol. The molecule has 0 saturated heterocycles. The number of benzene rings is 1. The van der Waals surface area contributed by atoms with Gasteiger partial charge in [0.05, 0.1) is 19.4 Å². The summed E-state index contributed by atoms with van der Waals surface area (Å²) in [6.07, 6.45) is 0.398. The molecule has 1 unspecified atom stereocenters. The normalized spacial score (nSPS) is 12.6. The molecule has 0 aromatic heterocycles. The van der Waals surface area contributed by atoms with Crippen molar-refractivity contribution < 1.29 is 19.1 Å². The summed E-state index contributed by atoms with van der Waals surface area (Å²) in [5, 5.41) is 0.625. The summed E-state index contributed by atoms with van der Waals surface area (Å²) in [6, 6.07) is 7.15. The van der Waals surface area contributed by atoms with Crippen LogP contribution in [0.15, 0.2) is 24.3 Å². The fourth-order valence-corrected chi connectivity index (χ4v) is 2.02. The highest BCUT2D eigenvalue weighted by atomic mass is 35.5. The Morgan fingerprint density at radius 2 is 1.76 bits per heavy atom. The topological polar surface area (TPSA) is 52.6 Å². The SMILES string of the molecule is COC(=O)C(CC(=O)OC(C)(C)C)Cc1ccc(Cl)cc1. The van der Waals surface area contributed by atoms with Crippen molar-refractivity contribution in [2.45, 2.75) is 39.2 Å². The molecule has 1 rings (SSSR count). The Labute approximate surface area is 130 Å². The Morgan fingerprint density at radius 3 is 2.24 bits per heavy atom. The van der Waals surface area contributed by atoms with Crippen molar-refractivity contribution in [2.24, 2.45) is 5.92 Å². The lowest BCUT2D eigenvalue weighted by atomic mass is 9.96. The van der Waals surface area contributed by atoms with Gasteiger partial charge in [0.25, 0.3) is 0 Å². The molecule has 0 bridgehead atoms. The van der Waals surface area contributed by atoms with Crippen LogP contribution in [0.25, 0.3) is 0 Å². The van der Waals surface area contributed by atoms with Gasteiger partial charge in [-0.05, 0) is 44.9 Å². The summed E-state index contributed by atoms with van der Waals surface area (Å²) in [6.45, 7) is 5.37. The molecule has 1 aromatic rings. The summed E-state index contributed by atoms with van der Waals surface area (Å²) in [7, 11) is 1.31. The molecule has 0 aliphatic heterocycles. The molecule has 1 atom stereocenters. The monoisotopic (exact) mass is 312 g/mol. The maximum Gasteiger partial charge on any atom is 0.309 e. The van der Waals surface area contributed by atoms with Crippen LogP contribution in [0.3, 0.4) is 0 Å². The molecule has 0 aliphatic rings. The molecular formula is C16H21ClO4. The Balaban J connectivity index is 2.74. The number of carbonyl (C=O) groups is 2. The van der Waals surface area contributed by atoms with E-state index in [-0.39, 0.29) is 6.42 Å². The third-order valence-corrected chi connectivity index (χ3v) is 3.01. The summed E-state index contributed by atoms with van der Waals surface area (Å²) in [5.74, 6) is -1.39. The van der Waals surface area contributed by atoms with E-state index >= 15 is 0 Å².